The van der Waals surface area contributed by atoms with E-state index in [1.54, 1.807) is 6.07 Å². The van der Waals surface area contributed by atoms with Gasteiger partial charge in [-0.25, -0.2) is 17.6 Å². The van der Waals surface area contributed by atoms with Crippen LogP contribution >= 0.6 is 23.2 Å². The van der Waals surface area contributed by atoms with Gasteiger partial charge in [0.25, 0.3) is 0 Å². The Kier molecular flexibility index (Phi) is 11.8. The maximum absolute atomic E-state index is 9.08. The second-order valence-electron chi connectivity index (χ2n) is 7.67. The summed E-state index contributed by atoms with van der Waals surface area (Å²) >= 11 is 12.5. The number of rotatable bonds is 10. The number of benzene rings is 2. The normalized spacial score (nSPS) is 12.4. The molecule has 0 N–H and O–H groups in total. The van der Waals surface area contributed by atoms with E-state index in [4.69, 9.17) is 40.9 Å². The van der Waals surface area contributed by atoms with E-state index in [0.717, 1.165) is 24.9 Å². The van der Waals surface area contributed by atoms with E-state index in [-0.39, 0.29) is 6.10 Å². The van der Waals surface area contributed by atoms with Gasteiger partial charge >= 0.3 is 0 Å². The highest BCUT2D eigenvalue weighted by Crippen LogP contribution is 2.29. The lowest BCUT2D eigenvalue weighted by atomic mass is 10.1. The zero-order valence-electron chi connectivity index (χ0n) is 19.3. The van der Waals surface area contributed by atoms with Crippen LogP contribution in [0, 0.1) is 0 Å². The SMILES string of the molecule is CC=CCCOC(Cn1cc[n+](CCc2ccccc2)c1)c1ccc(Cl)cc1Cl.CS(=O)(=O)[O-]. The molecule has 184 valence electrons. The molecule has 34 heavy (non-hydrogen) atoms. The topological polar surface area (TPSA) is 75.2 Å². The van der Waals surface area contributed by atoms with Gasteiger partial charge in [0.2, 0.25) is 6.33 Å². The lowest BCUT2D eigenvalue weighted by molar-refractivity contribution is -0.696. The summed E-state index contributed by atoms with van der Waals surface area (Å²) in [4.78, 5) is 0. The van der Waals surface area contributed by atoms with Gasteiger partial charge in [-0.1, -0.05) is 71.8 Å². The molecule has 0 aliphatic heterocycles. The molecular weight excluding hydrogens is 495 g/mol. The first-order valence-corrected chi connectivity index (χ1v) is 13.4. The Labute approximate surface area is 212 Å². The second-order valence-corrected chi connectivity index (χ2v) is 9.92. The van der Waals surface area contributed by atoms with Crippen molar-refractivity contribution in [2.75, 3.05) is 12.9 Å². The number of nitrogens with zero attached hydrogens (tertiary/aromatic N) is 2. The lowest BCUT2D eigenvalue weighted by Crippen LogP contribution is -2.32. The predicted molar refractivity (Wildman–Crippen MR) is 135 cm³/mol. The van der Waals surface area contributed by atoms with Crippen LogP contribution in [0.3, 0.4) is 0 Å². The molecule has 0 radical (unpaired) electrons. The lowest BCUT2D eigenvalue weighted by Gasteiger charge is -2.18. The van der Waals surface area contributed by atoms with Gasteiger partial charge in [0.05, 0.1) is 23.3 Å². The highest BCUT2D eigenvalue weighted by molar-refractivity contribution is 7.84. The molecule has 1 unspecified atom stereocenters. The highest BCUT2D eigenvalue weighted by Gasteiger charge is 2.19. The summed E-state index contributed by atoms with van der Waals surface area (Å²) in [5.41, 5.74) is 2.30. The molecule has 1 heterocycles. The van der Waals surface area contributed by atoms with Crippen molar-refractivity contribution in [2.45, 2.75) is 39.0 Å². The van der Waals surface area contributed by atoms with E-state index >= 15 is 0 Å². The monoisotopic (exact) mass is 524 g/mol. The van der Waals surface area contributed by atoms with Crippen molar-refractivity contribution in [1.29, 1.82) is 0 Å². The molecular formula is C25H30Cl2N2O4S. The average molecular weight is 525 g/mol. The molecule has 0 saturated heterocycles. The van der Waals surface area contributed by atoms with Crippen LogP contribution in [0.5, 0.6) is 0 Å². The molecule has 0 aliphatic carbocycles. The van der Waals surface area contributed by atoms with Crippen LogP contribution in [-0.2, 0) is 34.4 Å². The van der Waals surface area contributed by atoms with Crippen molar-refractivity contribution in [3.05, 3.63) is 101 Å². The summed E-state index contributed by atoms with van der Waals surface area (Å²) in [6.45, 7) is 4.28. The summed E-state index contributed by atoms with van der Waals surface area (Å²) < 4.78 is 37.8. The fourth-order valence-corrected chi connectivity index (χ4v) is 3.75. The van der Waals surface area contributed by atoms with E-state index in [1.807, 2.05) is 31.2 Å². The van der Waals surface area contributed by atoms with Gasteiger partial charge in [-0.2, -0.15) is 0 Å². The largest absolute Gasteiger partial charge is 0.748 e. The molecule has 9 heteroatoms. The molecule has 0 bridgehead atoms. The van der Waals surface area contributed by atoms with Crippen molar-refractivity contribution in [3.8, 4) is 0 Å². The summed E-state index contributed by atoms with van der Waals surface area (Å²) in [5, 5.41) is 1.27. The van der Waals surface area contributed by atoms with E-state index in [0.29, 0.717) is 29.5 Å². The van der Waals surface area contributed by atoms with E-state index in [2.05, 4.69) is 58.2 Å². The Hall–Kier alpha value is -2.16. The molecule has 2 aromatic carbocycles. The maximum atomic E-state index is 9.08. The number of hydrogen-bond acceptors (Lipinski definition) is 4. The molecule has 0 amide bonds. The number of aryl methyl sites for hydroxylation is 2. The zero-order valence-corrected chi connectivity index (χ0v) is 21.6. The molecule has 3 rings (SSSR count). The summed E-state index contributed by atoms with van der Waals surface area (Å²) in [5.74, 6) is 0. The van der Waals surface area contributed by atoms with Crippen LogP contribution < -0.4 is 4.57 Å². The van der Waals surface area contributed by atoms with Crippen LogP contribution in [-0.4, -0.2) is 30.4 Å². The molecule has 1 aromatic heterocycles. The predicted octanol–water partition coefficient (Wildman–Crippen LogP) is 5.21. The number of hydrogen-bond donors (Lipinski definition) is 0. The first-order chi connectivity index (χ1) is 16.2. The summed E-state index contributed by atoms with van der Waals surface area (Å²) in [6, 6.07) is 16.1. The van der Waals surface area contributed by atoms with Crippen LogP contribution in [0.4, 0.5) is 0 Å². The van der Waals surface area contributed by atoms with Crippen LogP contribution in [0.1, 0.15) is 30.6 Å². The maximum Gasteiger partial charge on any atom is 0.243 e. The van der Waals surface area contributed by atoms with Crippen molar-refractivity contribution in [1.82, 2.24) is 4.57 Å². The van der Waals surface area contributed by atoms with Crippen molar-refractivity contribution in [2.24, 2.45) is 0 Å². The first-order valence-electron chi connectivity index (χ1n) is 10.8. The van der Waals surface area contributed by atoms with Crippen molar-refractivity contribution >= 4 is 33.3 Å². The molecule has 0 aliphatic rings. The number of allylic oxidation sites excluding steroid dienone is 1. The molecule has 0 saturated carbocycles. The minimum Gasteiger partial charge on any atom is -0.748 e. The second kappa shape index (κ2) is 14.3. The van der Waals surface area contributed by atoms with E-state index in [1.165, 1.54) is 5.56 Å². The smallest absolute Gasteiger partial charge is 0.243 e. The van der Waals surface area contributed by atoms with Crippen LogP contribution in [0.15, 0.2) is 79.4 Å². The Morgan fingerprint density at radius 2 is 1.88 bits per heavy atom. The number of imidazole rings is 1. The Morgan fingerprint density at radius 1 is 1.18 bits per heavy atom. The summed E-state index contributed by atoms with van der Waals surface area (Å²) in [7, 11) is -3.92. The standard InChI is InChI=1S/C24H27Cl2N2O.CH4O3S/c1-2-3-7-16-29-24(22-11-10-21(25)17-23(22)26)18-28-15-14-27(19-28)13-12-20-8-5-4-6-9-20;1-5(2,3)4/h2-6,8-11,14-15,17,19,24H,7,12-13,16,18H2,1H3;1H3,(H,2,3,4)/q+1;/p-1. The summed E-state index contributed by atoms with van der Waals surface area (Å²) in [6.07, 6.45) is 12.8. The Balaban J connectivity index is 0.000000739. The third-order valence-electron chi connectivity index (χ3n) is 4.77. The Bertz CT molecular complexity index is 1140. The molecule has 0 spiro atoms. The van der Waals surface area contributed by atoms with Crippen molar-refractivity contribution < 1.29 is 22.3 Å². The number of aromatic nitrogens is 2. The van der Waals surface area contributed by atoms with Crippen LogP contribution in [0.2, 0.25) is 10.0 Å². The number of ether oxygens (including phenoxy) is 1. The fraction of sp³-hybridized carbons (Fsp3) is 0.320. The number of halogens is 2. The van der Waals surface area contributed by atoms with Gasteiger partial charge < -0.3 is 9.29 Å². The van der Waals surface area contributed by atoms with Crippen molar-refractivity contribution in [3.63, 3.8) is 0 Å². The first kappa shape index (κ1) is 28.1. The van der Waals surface area contributed by atoms with Gasteiger partial charge in [-0.3, -0.25) is 0 Å². The van der Waals surface area contributed by atoms with Gasteiger partial charge in [-0.05, 0) is 31.0 Å². The van der Waals surface area contributed by atoms with E-state index < -0.39 is 10.1 Å². The zero-order chi connectivity index (χ0) is 25.0. The molecule has 3 aromatic rings. The quantitative estimate of drug-likeness (QED) is 0.158. The van der Waals surface area contributed by atoms with Gasteiger partial charge in [0, 0.05) is 28.3 Å². The minimum atomic E-state index is -3.92. The minimum absolute atomic E-state index is 0.139. The molecule has 0 fully saturated rings. The average Bonchev–Trinajstić information content (AvgIpc) is 3.22. The van der Waals surface area contributed by atoms with Gasteiger partial charge in [-0.15, -0.1) is 0 Å². The van der Waals surface area contributed by atoms with Gasteiger partial charge in [0.15, 0.2) is 0 Å². The van der Waals surface area contributed by atoms with Crippen LogP contribution in [0.25, 0.3) is 0 Å². The van der Waals surface area contributed by atoms with E-state index in [9.17, 15) is 0 Å². The molecule has 6 nitrogen and oxygen atoms in total. The highest BCUT2D eigenvalue weighted by atomic mass is 35.5. The third-order valence-corrected chi connectivity index (χ3v) is 5.34. The fourth-order valence-electron chi connectivity index (χ4n) is 3.22. The van der Waals surface area contributed by atoms with Gasteiger partial charge in [0.1, 0.15) is 25.0 Å². The Morgan fingerprint density at radius 3 is 2.53 bits per heavy atom. The molecule has 1 atom stereocenters. The third kappa shape index (κ3) is 11.3.